The Morgan fingerprint density at radius 3 is 2.15 bits per heavy atom. The Bertz CT molecular complexity index is 916. The van der Waals surface area contributed by atoms with Crippen molar-refractivity contribution < 1.29 is 45.5 Å². The maximum atomic E-state index is 12.1. The van der Waals surface area contributed by atoms with Gasteiger partial charge in [-0.05, 0) is 43.5 Å². The molecule has 0 unspecified atom stereocenters. The molecule has 9 heteroatoms. The van der Waals surface area contributed by atoms with Crippen molar-refractivity contribution in [3.05, 3.63) is 54.4 Å². The number of rotatable bonds is 11. The molecule has 1 fully saturated rings. The van der Waals surface area contributed by atoms with E-state index in [0.717, 1.165) is 32.2 Å². The summed E-state index contributed by atoms with van der Waals surface area (Å²) in [6.07, 6.45) is 8.64. The molecule has 33 heavy (non-hydrogen) atoms. The van der Waals surface area contributed by atoms with Crippen LogP contribution in [0.2, 0.25) is 0 Å². The van der Waals surface area contributed by atoms with Gasteiger partial charge < -0.3 is 31.5 Å². The molecule has 1 aromatic carbocycles. The summed E-state index contributed by atoms with van der Waals surface area (Å²) in [4.78, 5) is 42.1. The van der Waals surface area contributed by atoms with Crippen LogP contribution in [0, 0.1) is 0 Å². The van der Waals surface area contributed by atoms with E-state index in [0.29, 0.717) is 17.4 Å². The van der Waals surface area contributed by atoms with Crippen molar-refractivity contribution in [1.29, 1.82) is 0 Å². The first-order valence-electron chi connectivity index (χ1n) is 10.9. The summed E-state index contributed by atoms with van der Waals surface area (Å²) in [6.45, 7) is 1.60. The number of anilines is 1. The average molecular weight is 520 g/mol. The smallest absolute Gasteiger partial charge is 0.363 e. The van der Waals surface area contributed by atoms with Crippen LogP contribution in [0.3, 0.4) is 0 Å². The second kappa shape index (κ2) is 12.9. The first kappa shape index (κ1) is 26.3. The molecule has 0 aliphatic carbocycles. The van der Waals surface area contributed by atoms with Gasteiger partial charge >= 0.3 is 5.97 Å². The molecule has 0 atom stereocenters. The highest BCUT2D eigenvalue weighted by atomic mass is 79.9. The number of carbonyl (C=O) groups is 3. The van der Waals surface area contributed by atoms with E-state index in [1.165, 1.54) is 5.69 Å². The normalized spacial score (nSPS) is 13.0. The maximum absolute atomic E-state index is 12.1. The summed E-state index contributed by atoms with van der Waals surface area (Å²) in [5.74, 6) is -1.07. The zero-order valence-electron chi connectivity index (χ0n) is 19.0. The fourth-order valence-electron chi connectivity index (χ4n) is 3.32. The minimum atomic E-state index is -0.741. The van der Waals surface area contributed by atoms with E-state index in [-0.39, 0.29) is 35.4 Å². The number of halogens is 1. The van der Waals surface area contributed by atoms with Gasteiger partial charge in [0.05, 0.1) is 12.2 Å². The van der Waals surface area contributed by atoms with Crippen LogP contribution in [0.15, 0.2) is 48.8 Å². The monoisotopic (exact) mass is 519 g/mol. The number of benzene rings is 1. The molecule has 0 saturated carbocycles. The highest BCUT2D eigenvalue weighted by molar-refractivity contribution is 6.02. The second-order valence-electron chi connectivity index (χ2n) is 7.94. The number of nitrogens with zero attached hydrogens (tertiary/aromatic N) is 3. The summed E-state index contributed by atoms with van der Waals surface area (Å²) >= 11 is 0. The molecule has 8 nitrogen and oxygen atoms in total. The van der Waals surface area contributed by atoms with E-state index in [2.05, 4.69) is 34.0 Å². The van der Waals surface area contributed by atoms with E-state index in [1.807, 2.05) is 14.1 Å². The number of hydrogen-bond donors (Lipinski definition) is 0. The van der Waals surface area contributed by atoms with Gasteiger partial charge in [-0.25, -0.2) is 9.36 Å². The van der Waals surface area contributed by atoms with Gasteiger partial charge in [0.1, 0.15) is 12.3 Å². The second-order valence-corrected chi connectivity index (χ2v) is 7.94. The molecule has 1 aliphatic rings. The number of imide groups is 1. The third-order valence-corrected chi connectivity index (χ3v) is 5.24. The Morgan fingerprint density at radius 1 is 0.939 bits per heavy atom. The van der Waals surface area contributed by atoms with Crippen LogP contribution in [-0.2, 0) is 21.0 Å². The number of pyridine rings is 1. The van der Waals surface area contributed by atoms with E-state index < -0.39 is 17.8 Å². The topological polar surface area (TPSA) is 80.0 Å². The molecule has 0 radical (unpaired) electrons. The minimum Gasteiger partial charge on any atom is -1.00 e. The predicted molar refractivity (Wildman–Crippen MR) is 118 cm³/mol. The Labute approximate surface area is 204 Å². The Balaban J connectivity index is 0.00000385. The van der Waals surface area contributed by atoms with Crippen LogP contribution >= 0.6 is 0 Å². The summed E-state index contributed by atoms with van der Waals surface area (Å²) < 4.78 is 7.93. The van der Waals surface area contributed by atoms with Crippen LogP contribution in [0.4, 0.5) is 5.69 Å². The first-order valence-corrected chi connectivity index (χ1v) is 10.9. The zero-order chi connectivity index (χ0) is 22.9. The molecule has 1 saturated heterocycles. The predicted octanol–water partition coefficient (Wildman–Crippen LogP) is -0.0957. The maximum Gasteiger partial charge on any atom is 0.363 e. The molecule has 3 rings (SSSR count). The van der Waals surface area contributed by atoms with E-state index in [4.69, 9.17) is 9.57 Å². The summed E-state index contributed by atoms with van der Waals surface area (Å²) in [7, 11) is 4.07. The largest absolute Gasteiger partial charge is 1.00 e. The van der Waals surface area contributed by atoms with Crippen molar-refractivity contribution in [2.24, 2.45) is 0 Å². The first-order chi connectivity index (χ1) is 15.4. The molecule has 0 spiro atoms. The van der Waals surface area contributed by atoms with E-state index in [9.17, 15) is 14.4 Å². The molecule has 178 valence electrons. The Morgan fingerprint density at radius 2 is 1.55 bits per heavy atom. The molecular formula is C24H30BrN3O5. The summed E-state index contributed by atoms with van der Waals surface area (Å²) in [5.41, 5.74) is 1.45. The molecule has 1 aliphatic heterocycles. The highest BCUT2D eigenvalue weighted by Crippen LogP contribution is 2.17. The molecule has 2 amide bonds. The number of unbranched alkanes of at least 4 members (excludes halogenated alkanes) is 3. The van der Waals surface area contributed by atoms with Crippen LogP contribution in [0.5, 0.6) is 5.75 Å². The van der Waals surface area contributed by atoms with Crippen molar-refractivity contribution in [1.82, 2.24) is 5.06 Å². The summed E-state index contributed by atoms with van der Waals surface area (Å²) in [6, 6.07) is 10.7. The van der Waals surface area contributed by atoms with E-state index in [1.54, 1.807) is 24.3 Å². The minimum absolute atomic E-state index is 0. The van der Waals surface area contributed by atoms with Crippen molar-refractivity contribution >= 4 is 23.5 Å². The Hall–Kier alpha value is -2.94. The number of hydroxylamine groups is 2. The quantitative estimate of drug-likeness (QED) is 0.234. The van der Waals surface area contributed by atoms with Gasteiger partial charge in [-0.3, -0.25) is 9.59 Å². The fraction of sp³-hybridized carbons (Fsp3) is 0.417. The van der Waals surface area contributed by atoms with Crippen LogP contribution in [0.1, 0.15) is 48.9 Å². The highest BCUT2D eigenvalue weighted by Gasteiger charge is 2.33. The summed E-state index contributed by atoms with van der Waals surface area (Å²) in [5, 5.41) is 0.546. The lowest BCUT2D eigenvalue weighted by Gasteiger charge is -2.12. The van der Waals surface area contributed by atoms with Gasteiger partial charge in [-0.15, -0.1) is 5.06 Å². The third-order valence-electron chi connectivity index (χ3n) is 5.24. The van der Waals surface area contributed by atoms with Gasteiger partial charge in [0, 0.05) is 51.2 Å². The average Bonchev–Trinajstić information content (AvgIpc) is 3.11. The van der Waals surface area contributed by atoms with Crippen molar-refractivity contribution in [2.45, 2.75) is 45.1 Å². The number of ether oxygens (including phenoxy) is 1. The van der Waals surface area contributed by atoms with Crippen molar-refractivity contribution in [3.63, 3.8) is 0 Å². The molecule has 0 N–H and O–H groups in total. The third kappa shape index (κ3) is 7.85. The standard InChI is InChI=1S/C24H30N3O5.BrH/c1-25(2)20-13-16-26(17-14-20)15-5-3-4-6-18-31-21-9-7-19(8-10-21)24(30)32-27-22(28)11-12-23(27)29;/h7-10,13-14,16-17H,3-6,11-12,15,18H2,1-2H3;1H/q+1;/p-1. The lowest BCUT2D eigenvalue weighted by atomic mass is 10.2. The number of aryl methyl sites for hydroxylation is 1. The molecule has 2 aromatic rings. The van der Waals surface area contributed by atoms with Crippen molar-refractivity contribution in [2.75, 3.05) is 25.6 Å². The number of aromatic nitrogens is 1. The van der Waals surface area contributed by atoms with Gasteiger partial charge in [-0.1, -0.05) is 0 Å². The van der Waals surface area contributed by atoms with Crippen LogP contribution < -0.4 is 31.2 Å². The molecule has 0 bridgehead atoms. The van der Waals surface area contributed by atoms with E-state index >= 15 is 0 Å². The van der Waals surface area contributed by atoms with Crippen LogP contribution in [0.25, 0.3) is 0 Å². The number of amides is 2. The number of hydrogen-bond acceptors (Lipinski definition) is 6. The molecule has 2 heterocycles. The van der Waals surface area contributed by atoms with Gasteiger partial charge in [0.15, 0.2) is 12.4 Å². The Kier molecular flexibility index (Phi) is 10.3. The van der Waals surface area contributed by atoms with Crippen LogP contribution in [-0.4, -0.2) is 43.5 Å². The molecular weight excluding hydrogens is 490 g/mol. The fourth-order valence-corrected chi connectivity index (χ4v) is 3.32. The van der Waals surface area contributed by atoms with Crippen molar-refractivity contribution in [3.8, 4) is 5.75 Å². The lowest BCUT2D eigenvalue weighted by molar-refractivity contribution is -0.697. The molecule has 1 aromatic heterocycles. The van der Waals surface area contributed by atoms with Gasteiger partial charge in [0.25, 0.3) is 11.8 Å². The van der Waals surface area contributed by atoms with Gasteiger partial charge in [0.2, 0.25) is 0 Å². The van der Waals surface area contributed by atoms with Gasteiger partial charge in [-0.2, -0.15) is 0 Å². The number of carbonyl (C=O) groups excluding carboxylic acids is 3. The lowest BCUT2D eigenvalue weighted by Crippen LogP contribution is -3.00. The zero-order valence-corrected chi connectivity index (χ0v) is 20.6. The SMILES string of the molecule is CN(C)c1cc[n+](CCCCCCOc2ccc(C(=O)ON3C(=O)CCC3=O)cc2)cc1.[Br-].